The monoisotopic (exact) mass is 369 g/mol. The van der Waals surface area contributed by atoms with E-state index >= 15 is 0 Å². The Morgan fingerprint density at radius 3 is 2.89 bits per heavy atom. The predicted octanol–water partition coefficient (Wildman–Crippen LogP) is 1.74. The first-order valence-electron chi connectivity index (χ1n) is 8.77. The molecule has 2 heterocycles. The van der Waals surface area contributed by atoms with E-state index in [0.29, 0.717) is 46.9 Å². The van der Waals surface area contributed by atoms with Crippen molar-refractivity contribution in [2.45, 2.75) is 18.1 Å². The average molecular weight is 369 g/mol. The maximum absolute atomic E-state index is 13.6. The average Bonchev–Trinajstić information content (AvgIpc) is 3.22. The molecule has 2 atom stereocenters. The molecule has 140 valence electrons. The number of methoxy groups -OCH3 is 1. The van der Waals surface area contributed by atoms with E-state index in [4.69, 9.17) is 14.2 Å². The summed E-state index contributed by atoms with van der Waals surface area (Å²) >= 11 is 0. The van der Waals surface area contributed by atoms with Gasteiger partial charge in [0.05, 0.1) is 7.11 Å². The van der Waals surface area contributed by atoms with Crippen molar-refractivity contribution in [3.8, 4) is 23.0 Å². The Morgan fingerprint density at radius 2 is 2.11 bits per heavy atom. The third-order valence-electron chi connectivity index (χ3n) is 5.97. The van der Waals surface area contributed by atoms with Crippen LogP contribution in [-0.4, -0.2) is 48.4 Å². The number of hydrogen-bond donors (Lipinski definition) is 2. The van der Waals surface area contributed by atoms with Gasteiger partial charge >= 0.3 is 0 Å². The van der Waals surface area contributed by atoms with Crippen LogP contribution < -0.4 is 14.2 Å². The van der Waals surface area contributed by atoms with Crippen molar-refractivity contribution in [2.75, 3.05) is 27.5 Å². The second-order valence-electron chi connectivity index (χ2n) is 7.11. The SMILES string of the molecule is COc1cc2c(cc1O)[C@@]1(C(=O)c3ccc4c(c3[C@@H]1O)OCO4)N(C)CC2. The highest BCUT2D eigenvalue weighted by Crippen LogP contribution is 2.57. The summed E-state index contributed by atoms with van der Waals surface area (Å²) < 4.78 is 16.2. The summed E-state index contributed by atoms with van der Waals surface area (Å²) in [5.41, 5.74) is 1.01. The largest absolute Gasteiger partial charge is 0.504 e. The smallest absolute Gasteiger partial charge is 0.231 e. The Kier molecular flexibility index (Phi) is 3.26. The molecular weight excluding hydrogens is 350 g/mol. The Balaban J connectivity index is 1.78. The molecule has 0 unspecified atom stereocenters. The van der Waals surface area contributed by atoms with Crippen molar-refractivity contribution in [3.63, 3.8) is 0 Å². The number of ketones is 1. The van der Waals surface area contributed by atoms with Gasteiger partial charge in [-0.25, -0.2) is 0 Å². The molecule has 27 heavy (non-hydrogen) atoms. The van der Waals surface area contributed by atoms with Gasteiger partial charge in [-0.1, -0.05) is 0 Å². The minimum Gasteiger partial charge on any atom is -0.504 e. The van der Waals surface area contributed by atoms with Gasteiger partial charge in [-0.2, -0.15) is 0 Å². The van der Waals surface area contributed by atoms with E-state index in [9.17, 15) is 15.0 Å². The Morgan fingerprint density at radius 1 is 1.30 bits per heavy atom. The normalized spacial score (nSPS) is 25.6. The van der Waals surface area contributed by atoms with Crippen molar-refractivity contribution in [1.29, 1.82) is 0 Å². The number of benzene rings is 2. The standard InChI is InChI=1S/C20H19NO6/c1-21-6-5-10-7-15(25-2)13(22)8-12(10)20(21)18(23)11-3-4-14-17(27-9-26-14)16(11)19(20)24/h3-4,7-8,19,22,24H,5-6,9H2,1-2H3/t19-,20-/m0/s1. The molecule has 0 aromatic heterocycles. The highest BCUT2D eigenvalue weighted by Gasteiger charge is 2.60. The molecule has 0 amide bonds. The molecule has 2 N–H and O–H groups in total. The van der Waals surface area contributed by atoms with Gasteiger partial charge in [-0.3, -0.25) is 9.69 Å². The maximum Gasteiger partial charge on any atom is 0.231 e. The molecule has 0 fully saturated rings. The number of phenolic OH excluding ortho intramolecular Hbond substituents is 1. The van der Waals surface area contributed by atoms with Crippen LogP contribution >= 0.6 is 0 Å². The van der Waals surface area contributed by atoms with Gasteiger partial charge in [0.25, 0.3) is 0 Å². The molecular formula is C20H19NO6. The number of fused-ring (bicyclic) bond motifs is 5. The number of nitrogens with zero attached hydrogens (tertiary/aromatic N) is 1. The third kappa shape index (κ3) is 1.85. The van der Waals surface area contributed by atoms with E-state index in [1.54, 1.807) is 18.2 Å². The number of rotatable bonds is 1. The Bertz CT molecular complexity index is 987. The van der Waals surface area contributed by atoms with E-state index < -0.39 is 11.6 Å². The lowest BCUT2D eigenvalue weighted by atomic mass is 9.76. The molecule has 0 radical (unpaired) electrons. The molecule has 0 saturated carbocycles. The summed E-state index contributed by atoms with van der Waals surface area (Å²) in [5.74, 6) is 1.02. The van der Waals surface area contributed by atoms with Gasteiger partial charge in [0.2, 0.25) is 6.79 Å². The first kappa shape index (κ1) is 16.4. The summed E-state index contributed by atoms with van der Waals surface area (Å²) in [7, 11) is 3.30. The molecule has 0 saturated heterocycles. The van der Waals surface area contributed by atoms with Crippen LogP contribution in [0.3, 0.4) is 0 Å². The molecule has 7 heteroatoms. The molecule has 1 aliphatic carbocycles. The van der Waals surface area contributed by atoms with Crippen LogP contribution in [0.1, 0.15) is 33.2 Å². The van der Waals surface area contributed by atoms with Crippen molar-refractivity contribution in [1.82, 2.24) is 4.90 Å². The molecule has 2 aliphatic heterocycles. The number of aromatic hydroxyl groups is 1. The molecule has 0 bridgehead atoms. The fourth-order valence-corrected chi connectivity index (χ4v) is 4.66. The molecule has 2 aromatic carbocycles. The number of phenols is 1. The minimum atomic E-state index is -1.32. The van der Waals surface area contributed by atoms with Crippen molar-refractivity contribution < 1.29 is 29.2 Å². The molecule has 1 spiro atoms. The lowest BCUT2D eigenvalue weighted by Crippen LogP contribution is -2.54. The van der Waals surface area contributed by atoms with Crippen LogP contribution in [0.25, 0.3) is 0 Å². The first-order chi connectivity index (χ1) is 13.0. The highest BCUT2D eigenvalue weighted by molar-refractivity contribution is 6.10. The number of aliphatic hydroxyl groups excluding tert-OH is 1. The van der Waals surface area contributed by atoms with Crippen LogP contribution in [0.4, 0.5) is 0 Å². The summed E-state index contributed by atoms with van der Waals surface area (Å²) in [5, 5.41) is 21.8. The summed E-state index contributed by atoms with van der Waals surface area (Å²) in [6.45, 7) is 0.640. The van der Waals surface area contributed by atoms with Crippen molar-refractivity contribution in [3.05, 3.63) is 46.5 Å². The number of ether oxygens (including phenoxy) is 3. The van der Waals surface area contributed by atoms with Crippen LogP contribution in [0.2, 0.25) is 0 Å². The van der Waals surface area contributed by atoms with E-state index in [0.717, 1.165) is 5.56 Å². The first-order valence-corrected chi connectivity index (χ1v) is 8.77. The molecule has 3 aliphatic rings. The van der Waals surface area contributed by atoms with Crippen LogP contribution in [-0.2, 0) is 12.0 Å². The van der Waals surface area contributed by atoms with Gasteiger partial charge < -0.3 is 24.4 Å². The van der Waals surface area contributed by atoms with Gasteiger partial charge in [0, 0.05) is 17.7 Å². The lowest BCUT2D eigenvalue weighted by molar-refractivity contribution is -0.00851. The molecule has 7 nitrogen and oxygen atoms in total. The summed E-state index contributed by atoms with van der Waals surface area (Å²) in [4.78, 5) is 15.5. The summed E-state index contributed by atoms with van der Waals surface area (Å²) in [6.07, 6.45) is -0.466. The zero-order valence-electron chi connectivity index (χ0n) is 15.0. The highest BCUT2D eigenvalue weighted by atomic mass is 16.7. The van der Waals surface area contributed by atoms with Crippen LogP contribution in [0.5, 0.6) is 23.0 Å². The number of likely N-dealkylation sites (N-methyl/N-ethyl adjacent to an activating group) is 1. The quantitative estimate of drug-likeness (QED) is 0.792. The third-order valence-corrected chi connectivity index (χ3v) is 5.97. The van der Waals surface area contributed by atoms with E-state index in [1.165, 1.54) is 13.2 Å². The Hall–Kier alpha value is -2.77. The number of Topliss-reactive ketones (excluding diaryl/α,β-unsaturated/α-hetero) is 1. The second kappa shape index (κ2) is 5.37. The predicted molar refractivity (Wildman–Crippen MR) is 94.5 cm³/mol. The van der Waals surface area contributed by atoms with E-state index in [1.807, 2.05) is 11.9 Å². The van der Waals surface area contributed by atoms with E-state index in [2.05, 4.69) is 0 Å². The van der Waals surface area contributed by atoms with Gasteiger partial charge in [-0.15, -0.1) is 0 Å². The number of aliphatic hydroxyl groups is 1. The van der Waals surface area contributed by atoms with Crippen LogP contribution in [0.15, 0.2) is 24.3 Å². The van der Waals surface area contributed by atoms with Gasteiger partial charge in [-0.05, 0) is 48.9 Å². The van der Waals surface area contributed by atoms with Crippen molar-refractivity contribution >= 4 is 5.78 Å². The number of carbonyl (C=O) groups is 1. The van der Waals surface area contributed by atoms with E-state index in [-0.39, 0.29) is 18.3 Å². The zero-order chi connectivity index (χ0) is 18.9. The number of hydrogen-bond acceptors (Lipinski definition) is 7. The van der Waals surface area contributed by atoms with Gasteiger partial charge in [0.15, 0.2) is 28.8 Å². The zero-order valence-corrected chi connectivity index (χ0v) is 15.0. The minimum absolute atomic E-state index is 0.0596. The Labute approximate surface area is 155 Å². The fourth-order valence-electron chi connectivity index (χ4n) is 4.66. The maximum atomic E-state index is 13.6. The number of carbonyl (C=O) groups excluding carboxylic acids is 1. The molecule has 5 rings (SSSR count). The van der Waals surface area contributed by atoms with Crippen molar-refractivity contribution in [2.24, 2.45) is 0 Å². The molecule has 2 aromatic rings. The lowest BCUT2D eigenvalue weighted by Gasteiger charge is -2.45. The fraction of sp³-hybridized carbons (Fsp3) is 0.350. The second-order valence-corrected chi connectivity index (χ2v) is 7.11. The van der Waals surface area contributed by atoms with Crippen LogP contribution in [0, 0.1) is 0 Å². The topological polar surface area (TPSA) is 88.5 Å². The van der Waals surface area contributed by atoms with Gasteiger partial charge in [0.1, 0.15) is 11.6 Å². The summed E-state index contributed by atoms with van der Waals surface area (Å²) in [6, 6.07) is 6.65.